The number of para-hydroxylation sites is 6. The first-order valence-electron chi connectivity index (χ1n) is 38.6. The molecule has 104 heavy (non-hydrogen) atoms. The predicted octanol–water partition coefficient (Wildman–Crippen LogP) is 20.1. The predicted molar refractivity (Wildman–Crippen MR) is 436 cm³/mol. The van der Waals surface area contributed by atoms with Crippen molar-refractivity contribution in [2.75, 3.05) is 29.4 Å². The first kappa shape index (κ1) is 59.3. The Bertz CT molecular complexity index is 5080. The second-order valence-electron chi connectivity index (χ2n) is 31.9. The van der Waals surface area contributed by atoms with Crippen LogP contribution in [0, 0.1) is 23.7 Å². The highest BCUT2D eigenvalue weighted by Gasteiger charge is 2.53. The summed E-state index contributed by atoms with van der Waals surface area (Å²) in [7, 11) is 0. The van der Waals surface area contributed by atoms with Gasteiger partial charge in [0.05, 0.1) is 11.4 Å². The molecule has 13 aromatic carbocycles. The van der Waals surface area contributed by atoms with E-state index >= 15 is 0 Å². The van der Waals surface area contributed by atoms with Gasteiger partial charge in [0.1, 0.15) is 0 Å². The zero-order valence-corrected chi connectivity index (χ0v) is 58.4. The van der Waals surface area contributed by atoms with Gasteiger partial charge in [-0.05, 0) is 210 Å². The molecular formula is C96H78B2N6. The summed E-state index contributed by atoms with van der Waals surface area (Å²) in [5.41, 5.74) is 35.0. The maximum absolute atomic E-state index is 2.96. The van der Waals surface area contributed by atoms with Gasteiger partial charge in [0.25, 0.3) is 13.4 Å². The van der Waals surface area contributed by atoms with E-state index in [9.17, 15) is 0 Å². The molecule has 4 saturated heterocycles. The Morgan fingerprint density at radius 2 is 0.500 bits per heavy atom. The lowest BCUT2D eigenvalue weighted by Gasteiger charge is -2.58. The molecule has 13 aromatic rings. The first-order valence-corrected chi connectivity index (χ1v) is 38.6. The van der Waals surface area contributed by atoms with Crippen molar-refractivity contribution >= 4 is 126 Å². The largest absolute Gasteiger partial charge is 0.365 e. The lowest BCUT2D eigenvalue weighted by molar-refractivity contribution is 0.0899. The van der Waals surface area contributed by atoms with Crippen LogP contribution in [0.25, 0.3) is 44.5 Å². The van der Waals surface area contributed by atoms with Crippen LogP contribution in [0.2, 0.25) is 0 Å². The molecular weight excluding hydrogens is 1260 g/mol. The molecule has 8 fully saturated rings. The quantitative estimate of drug-likeness (QED) is 0.126. The third-order valence-corrected chi connectivity index (χ3v) is 26.3. The van der Waals surface area contributed by atoms with Crippen LogP contribution in [0.1, 0.15) is 64.2 Å². The molecule has 6 nitrogen and oxygen atoms in total. The van der Waals surface area contributed by atoms with Gasteiger partial charge in [0.15, 0.2) is 0 Å². The number of benzene rings is 13. The second kappa shape index (κ2) is 23.1. The van der Waals surface area contributed by atoms with Crippen molar-refractivity contribution in [2.24, 2.45) is 23.7 Å². The molecule has 8 heterocycles. The third kappa shape index (κ3) is 8.90. The molecule has 4 aliphatic carbocycles. The number of fused-ring (bicyclic) bond motifs is 8. The second-order valence-corrected chi connectivity index (χ2v) is 31.9. The van der Waals surface area contributed by atoms with Crippen LogP contribution in [0.4, 0.5) is 79.6 Å². The Morgan fingerprint density at radius 1 is 0.212 bits per heavy atom. The maximum atomic E-state index is 2.96. The molecule has 8 aliphatic heterocycles. The van der Waals surface area contributed by atoms with E-state index in [0.29, 0.717) is 24.2 Å². The van der Waals surface area contributed by atoms with Crippen LogP contribution in [0.15, 0.2) is 303 Å². The molecule has 0 N–H and O–H groups in total. The molecule has 0 aromatic heterocycles. The molecule has 0 amide bonds. The zero-order chi connectivity index (χ0) is 67.8. The van der Waals surface area contributed by atoms with E-state index in [-0.39, 0.29) is 13.4 Å². The fourth-order valence-electron chi connectivity index (χ4n) is 22.7. The van der Waals surface area contributed by atoms with Crippen molar-refractivity contribution in [1.29, 1.82) is 0 Å². The molecule has 0 radical (unpaired) electrons. The number of piperidine rings is 4. The number of rotatable bonds is 10. The van der Waals surface area contributed by atoms with Crippen molar-refractivity contribution in [1.82, 2.24) is 0 Å². The van der Waals surface area contributed by atoms with E-state index in [1.165, 1.54) is 221 Å². The van der Waals surface area contributed by atoms with Gasteiger partial charge < -0.3 is 29.4 Å². The first-order chi connectivity index (χ1) is 51.6. The monoisotopic (exact) mass is 1340 g/mol. The standard InChI is InChI=1S/C96H78B2N6/c1-7-25-65(26-8-1)77-37-23-38-78(66-27-9-2-10-28-66)95(77)103-85-43-21-19-41-81(85)97-83-59-84-88(60-87(83)101(69-33-15-5-16-34-69)89-55-75(57-91(103)93(89)97)99-71-47-61-45-62(49-71)50-72(99)48-61)102(70-35-17-6-18-36-70)90-56-76(100-73-51-63-46-64(53-73)54-74(100)52-63)58-92-94(90)98(84)82-42-20-22-44-86(82)104(92)96-79(67-29-11-3-12-30-67)39-24-40-80(96)68-31-13-4-14-32-68/h1-44,55-64,71-74H,45-54H2. The van der Waals surface area contributed by atoms with Gasteiger partial charge >= 0.3 is 0 Å². The Labute approximate surface area is 611 Å². The number of nitrogens with zero attached hydrogens (tertiary/aromatic N) is 6. The van der Waals surface area contributed by atoms with Gasteiger partial charge in [-0.25, -0.2) is 0 Å². The van der Waals surface area contributed by atoms with Crippen LogP contribution >= 0.6 is 0 Å². The van der Waals surface area contributed by atoms with Gasteiger partial charge in [-0.3, -0.25) is 0 Å². The van der Waals surface area contributed by atoms with Gasteiger partial charge in [-0.1, -0.05) is 237 Å². The highest BCUT2D eigenvalue weighted by molar-refractivity contribution is 7.03. The van der Waals surface area contributed by atoms with Gasteiger partial charge in [-0.15, -0.1) is 0 Å². The smallest absolute Gasteiger partial charge is 0.252 e. The number of hydrogen-bond donors (Lipinski definition) is 0. The van der Waals surface area contributed by atoms with Crippen molar-refractivity contribution in [3.8, 4) is 44.5 Å². The summed E-state index contributed by atoms with van der Waals surface area (Å²) < 4.78 is 0. The van der Waals surface area contributed by atoms with E-state index in [4.69, 9.17) is 0 Å². The lowest BCUT2D eigenvalue weighted by Crippen LogP contribution is -2.65. The summed E-state index contributed by atoms with van der Waals surface area (Å²) in [6, 6.07) is 119. The maximum Gasteiger partial charge on any atom is 0.252 e. The number of anilines is 14. The van der Waals surface area contributed by atoms with Gasteiger partial charge in [0, 0.05) is 115 Å². The minimum Gasteiger partial charge on any atom is -0.365 e. The molecule has 4 saturated carbocycles. The molecule has 8 heteroatoms. The average molecular weight is 1340 g/mol. The van der Waals surface area contributed by atoms with E-state index < -0.39 is 0 Å². The number of hydrogen-bond acceptors (Lipinski definition) is 6. The summed E-state index contributed by atoms with van der Waals surface area (Å²) in [6.07, 6.45) is 13.0. The molecule has 0 unspecified atom stereocenters. The summed E-state index contributed by atoms with van der Waals surface area (Å²) in [5.74, 6) is 3.25. The Balaban J connectivity index is 0.825. The van der Waals surface area contributed by atoms with Crippen molar-refractivity contribution < 1.29 is 0 Å². The van der Waals surface area contributed by atoms with Crippen molar-refractivity contribution in [3.63, 3.8) is 0 Å². The minimum atomic E-state index is -0.140. The van der Waals surface area contributed by atoms with Crippen LogP contribution < -0.4 is 62.2 Å². The van der Waals surface area contributed by atoms with Crippen molar-refractivity contribution in [3.05, 3.63) is 303 Å². The van der Waals surface area contributed by atoms with Gasteiger partial charge in [0.2, 0.25) is 0 Å². The molecule has 0 atom stereocenters. The highest BCUT2D eigenvalue weighted by atomic mass is 15.3. The zero-order valence-electron chi connectivity index (χ0n) is 58.4. The Kier molecular flexibility index (Phi) is 13.2. The SMILES string of the molecule is c1ccc(-c2cccc(-c3ccccc3)c2N2c3ccccc3B3c4cc5c(cc4N(c4ccccc4)c4cc(N6C7CC8CC(C7)CC6C8)cc2c43)N(c2ccccc2)c2cc(N3C4CC6CC(C4)CC3C6)cc3c2B5c2ccccc2N3c2c(-c3ccccc3)cccc2-c2ccccc2)cc1. The van der Waals surface area contributed by atoms with E-state index in [1.807, 2.05) is 0 Å². The summed E-state index contributed by atoms with van der Waals surface area (Å²) >= 11 is 0. The van der Waals surface area contributed by atoms with Crippen molar-refractivity contribution in [2.45, 2.75) is 88.4 Å². The molecule has 12 aliphatic rings. The molecule has 498 valence electrons. The summed E-state index contributed by atoms with van der Waals surface area (Å²) in [4.78, 5) is 16.8. The van der Waals surface area contributed by atoms with E-state index in [1.54, 1.807) is 0 Å². The fourth-order valence-corrected chi connectivity index (χ4v) is 22.7. The molecule has 25 rings (SSSR count). The average Bonchev–Trinajstić information content (AvgIpc) is 0.680. The Morgan fingerprint density at radius 3 is 0.827 bits per heavy atom. The van der Waals surface area contributed by atoms with E-state index in [2.05, 4.69) is 333 Å². The molecule has 0 spiro atoms. The van der Waals surface area contributed by atoms with Crippen LogP contribution in [0.5, 0.6) is 0 Å². The summed E-state index contributed by atoms with van der Waals surface area (Å²) in [6.45, 7) is -0.280. The minimum absolute atomic E-state index is 0.140. The fraction of sp³-hybridized carbons (Fsp3) is 0.188. The van der Waals surface area contributed by atoms with Crippen LogP contribution in [-0.2, 0) is 0 Å². The normalized spacial score (nSPS) is 22.1. The lowest BCUT2D eigenvalue weighted by atomic mass is 9.30. The topological polar surface area (TPSA) is 19.4 Å². The van der Waals surface area contributed by atoms with Gasteiger partial charge in [-0.2, -0.15) is 0 Å². The highest BCUT2D eigenvalue weighted by Crippen LogP contribution is 2.59. The summed E-state index contributed by atoms with van der Waals surface area (Å²) in [5, 5.41) is 0. The third-order valence-electron chi connectivity index (χ3n) is 26.3. The Hall–Kier alpha value is -11.2. The van der Waals surface area contributed by atoms with E-state index in [0.717, 1.165) is 23.7 Å². The van der Waals surface area contributed by atoms with Crippen LogP contribution in [0.3, 0.4) is 0 Å². The van der Waals surface area contributed by atoms with Crippen LogP contribution in [-0.4, -0.2) is 37.6 Å². The molecule has 8 bridgehead atoms.